The summed E-state index contributed by atoms with van der Waals surface area (Å²) in [6, 6.07) is 0. The molecule has 2 N–H and O–H groups in total. The first-order valence-corrected chi connectivity index (χ1v) is 7.92. The number of carbonyl (C=O) groups excluding carboxylic acids is 1. The Morgan fingerprint density at radius 3 is 2.16 bits per heavy atom. The van der Waals surface area contributed by atoms with Gasteiger partial charge in [0.25, 0.3) is 0 Å². The van der Waals surface area contributed by atoms with Crippen LogP contribution in [0.5, 0.6) is 0 Å². The number of hydrogen-bond donors (Lipinski definition) is 1. The minimum atomic E-state index is -0.485. The highest BCUT2D eigenvalue weighted by atomic mass is 16.5. The average Bonchev–Trinajstić information content (AvgIpc) is 2.38. The maximum absolute atomic E-state index is 12.2. The van der Waals surface area contributed by atoms with Crippen LogP contribution in [0, 0.1) is 11.3 Å². The van der Waals surface area contributed by atoms with Gasteiger partial charge in [-0.1, -0.05) is 59.3 Å². The molecular weight excluding hydrogens is 238 g/mol. The molecule has 0 amide bonds. The third-order valence-corrected chi connectivity index (χ3v) is 4.13. The second-order valence-electron chi connectivity index (χ2n) is 5.75. The summed E-state index contributed by atoms with van der Waals surface area (Å²) in [5, 5.41) is 0. The van der Waals surface area contributed by atoms with Crippen molar-refractivity contribution in [3.63, 3.8) is 0 Å². The van der Waals surface area contributed by atoms with Crippen LogP contribution >= 0.6 is 0 Å². The Bertz CT molecular complexity index is 241. The van der Waals surface area contributed by atoms with Gasteiger partial charge in [-0.2, -0.15) is 0 Å². The predicted molar refractivity (Wildman–Crippen MR) is 81.0 cm³/mol. The predicted octanol–water partition coefficient (Wildman–Crippen LogP) is 3.90. The summed E-state index contributed by atoms with van der Waals surface area (Å²) < 4.78 is 5.24. The topological polar surface area (TPSA) is 52.3 Å². The van der Waals surface area contributed by atoms with Crippen LogP contribution in [0.4, 0.5) is 0 Å². The molecule has 19 heavy (non-hydrogen) atoms. The Morgan fingerprint density at radius 2 is 1.68 bits per heavy atom. The molecule has 0 aromatic heterocycles. The van der Waals surface area contributed by atoms with Crippen molar-refractivity contribution in [3.05, 3.63) is 0 Å². The van der Waals surface area contributed by atoms with Crippen molar-refractivity contribution in [3.8, 4) is 0 Å². The average molecular weight is 271 g/mol. The van der Waals surface area contributed by atoms with E-state index in [-0.39, 0.29) is 11.9 Å². The Kier molecular flexibility index (Phi) is 9.94. The summed E-state index contributed by atoms with van der Waals surface area (Å²) >= 11 is 0. The van der Waals surface area contributed by atoms with Crippen LogP contribution in [-0.2, 0) is 9.53 Å². The maximum atomic E-state index is 12.2. The molecule has 0 aromatic carbocycles. The SMILES string of the molecule is CCCCCCCCC(CN)(C(=O)OCC)C(C)C. The van der Waals surface area contributed by atoms with Crippen LogP contribution in [0.15, 0.2) is 0 Å². The second-order valence-corrected chi connectivity index (χ2v) is 5.75. The molecule has 0 aliphatic rings. The summed E-state index contributed by atoms with van der Waals surface area (Å²) in [5.41, 5.74) is 5.42. The normalized spacial score (nSPS) is 14.4. The van der Waals surface area contributed by atoms with Crippen LogP contribution in [0.25, 0.3) is 0 Å². The molecule has 0 aromatic rings. The van der Waals surface area contributed by atoms with E-state index in [9.17, 15) is 4.79 Å². The summed E-state index contributed by atoms with van der Waals surface area (Å²) in [6.45, 7) is 9.03. The van der Waals surface area contributed by atoms with E-state index in [1.165, 1.54) is 32.1 Å². The molecule has 0 saturated carbocycles. The van der Waals surface area contributed by atoms with E-state index in [1.807, 2.05) is 6.92 Å². The van der Waals surface area contributed by atoms with Gasteiger partial charge >= 0.3 is 5.97 Å². The second kappa shape index (κ2) is 10.2. The summed E-state index contributed by atoms with van der Waals surface area (Å²) in [7, 11) is 0. The lowest BCUT2D eigenvalue weighted by molar-refractivity contribution is -0.158. The molecule has 0 rings (SSSR count). The van der Waals surface area contributed by atoms with Gasteiger partial charge in [-0.3, -0.25) is 4.79 Å². The van der Waals surface area contributed by atoms with Crippen molar-refractivity contribution >= 4 is 5.97 Å². The fourth-order valence-electron chi connectivity index (χ4n) is 2.54. The number of hydrogen-bond acceptors (Lipinski definition) is 3. The molecule has 3 heteroatoms. The monoisotopic (exact) mass is 271 g/mol. The van der Waals surface area contributed by atoms with E-state index >= 15 is 0 Å². The number of rotatable bonds is 11. The highest BCUT2D eigenvalue weighted by molar-refractivity contribution is 5.77. The van der Waals surface area contributed by atoms with Gasteiger partial charge in [0.05, 0.1) is 12.0 Å². The zero-order valence-electron chi connectivity index (χ0n) is 13.3. The Hall–Kier alpha value is -0.570. The van der Waals surface area contributed by atoms with Gasteiger partial charge < -0.3 is 10.5 Å². The smallest absolute Gasteiger partial charge is 0.313 e. The number of ether oxygens (including phenoxy) is 1. The molecule has 0 aliphatic carbocycles. The summed E-state index contributed by atoms with van der Waals surface area (Å²) in [5.74, 6) is 0.119. The first-order chi connectivity index (χ1) is 9.05. The Morgan fingerprint density at radius 1 is 1.11 bits per heavy atom. The molecule has 0 saturated heterocycles. The number of carbonyl (C=O) groups is 1. The first kappa shape index (κ1) is 18.4. The summed E-state index contributed by atoms with van der Waals surface area (Å²) in [6.07, 6.45) is 8.24. The van der Waals surface area contributed by atoms with Gasteiger partial charge in [0, 0.05) is 6.54 Å². The van der Waals surface area contributed by atoms with Gasteiger partial charge in [-0.05, 0) is 19.3 Å². The van der Waals surface area contributed by atoms with Gasteiger partial charge in [-0.25, -0.2) is 0 Å². The number of unbranched alkanes of at least 4 members (excludes halogenated alkanes) is 5. The fraction of sp³-hybridized carbons (Fsp3) is 0.938. The number of nitrogens with two attached hydrogens (primary N) is 1. The third kappa shape index (κ3) is 5.94. The molecule has 1 unspecified atom stereocenters. The van der Waals surface area contributed by atoms with Crippen molar-refractivity contribution in [2.45, 2.75) is 72.6 Å². The van der Waals surface area contributed by atoms with E-state index in [4.69, 9.17) is 10.5 Å². The highest BCUT2D eigenvalue weighted by Crippen LogP contribution is 2.34. The largest absolute Gasteiger partial charge is 0.466 e. The molecule has 3 nitrogen and oxygen atoms in total. The molecule has 0 bridgehead atoms. The van der Waals surface area contributed by atoms with Crippen molar-refractivity contribution < 1.29 is 9.53 Å². The van der Waals surface area contributed by atoms with E-state index < -0.39 is 5.41 Å². The van der Waals surface area contributed by atoms with E-state index in [2.05, 4.69) is 20.8 Å². The number of esters is 1. The lowest BCUT2D eigenvalue weighted by atomic mass is 9.73. The molecule has 114 valence electrons. The first-order valence-electron chi connectivity index (χ1n) is 7.92. The zero-order chi connectivity index (χ0) is 14.7. The van der Waals surface area contributed by atoms with Crippen LogP contribution in [0.2, 0.25) is 0 Å². The van der Waals surface area contributed by atoms with Crippen LogP contribution in [0.3, 0.4) is 0 Å². The quantitative estimate of drug-likeness (QED) is 0.458. The van der Waals surface area contributed by atoms with Crippen molar-refractivity contribution in [2.75, 3.05) is 13.2 Å². The molecule has 0 radical (unpaired) electrons. The standard InChI is InChI=1S/C16H33NO2/c1-5-7-8-9-10-11-12-16(13-17,14(3)4)15(18)19-6-2/h14H,5-13,17H2,1-4H3. The van der Waals surface area contributed by atoms with Crippen LogP contribution < -0.4 is 5.73 Å². The summed E-state index contributed by atoms with van der Waals surface area (Å²) in [4.78, 5) is 12.2. The minimum Gasteiger partial charge on any atom is -0.466 e. The van der Waals surface area contributed by atoms with Crippen molar-refractivity contribution in [1.29, 1.82) is 0 Å². The third-order valence-electron chi connectivity index (χ3n) is 4.13. The lowest BCUT2D eigenvalue weighted by Gasteiger charge is -2.34. The lowest BCUT2D eigenvalue weighted by Crippen LogP contribution is -2.44. The van der Waals surface area contributed by atoms with Crippen LogP contribution in [-0.4, -0.2) is 19.1 Å². The highest BCUT2D eigenvalue weighted by Gasteiger charge is 2.41. The van der Waals surface area contributed by atoms with E-state index in [1.54, 1.807) is 0 Å². The Labute approximate surface area is 119 Å². The zero-order valence-corrected chi connectivity index (χ0v) is 13.3. The van der Waals surface area contributed by atoms with E-state index in [0.29, 0.717) is 13.2 Å². The fourth-order valence-corrected chi connectivity index (χ4v) is 2.54. The molecule has 1 atom stereocenters. The maximum Gasteiger partial charge on any atom is 0.313 e. The molecule has 0 fully saturated rings. The Balaban J connectivity index is 4.31. The van der Waals surface area contributed by atoms with Gasteiger partial charge in [0.15, 0.2) is 0 Å². The van der Waals surface area contributed by atoms with Crippen molar-refractivity contribution in [1.82, 2.24) is 0 Å². The van der Waals surface area contributed by atoms with E-state index in [0.717, 1.165) is 12.8 Å². The van der Waals surface area contributed by atoms with Crippen LogP contribution in [0.1, 0.15) is 72.6 Å². The molecule has 0 heterocycles. The van der Waals surface area contributed by atoms with Gasteiger partial charge in [0.2, 0.25) is 0 Å². The minimum absolute atomic E-state index is 0.110. The van der Waals surface area contributed by atoms with Gasteiger partial charge in [-0.15, -0.1) is 0 Å². The molecule has 0 spiro atoms. The molecule has 0 aliphatic heterocycles. The molecular formula is C16H33NO2. The van der Waals surface area contributed by atoms with Gasteiger partial charge in [0.1, 0.15) is 0 Å². The van der Waals surface area contributed by atoms with Crippen molar-refractivity contribution in [2.24, 2.45) is 17.1 Å².